The summed E-state index contributed by atoms with van der Waals surface area (Å²) in [7, 11) is 0. The van der Waals surface area contributed by atoms with Gasteiger partial charge in [-0.25, -0.2) is 4.79 Å². The van der Waals surface area contributed by atoms with Gasteiger partial charge in [0.1, 0.15) is 12.2 Å². The maximum atomic E-state index is 11.3. The van der Waals surface area contributed by atoms with E-state index in [-0.39, 0.29) is 0 Å². The number of aliphatic hydroxyl groups excluding tert-OH is 3. The van der Waals surface area contributed by atoms with Crippen LogP contribution in [0.1, 0.15) is 28.9 Å². The molecule has 1 rings (SSSR count). The predicted molar refractivity (Wildman–Crippen MR) is 60.5 cm³/mol. The molecule has 0 saturated carbocycles. The van der Waals surface area contributed by atoms with Crippen LogP contribution in [0.4, 0.5) is 0 Å². The Bertz CT molecular complexity index is 360. The lowest BCUT2D eigenvalue weighted by atomic mass is 10.0. The summed E-state index contributed by atoms with van der Waals surface area (Å²) < 4.78 is 4.81. The molecular weight excluding hydrogens is 224 g/mol. The van der Waals surface area contributed by atoms with Crippen molar-refractivity contribution in [3.05, 3.63) is 35.4 Å². The molecule has 0 amide bonds. The molecule has 0 saturated heterocycles. The van der Waals surface area contributed by atoms with E-state index in [1.807, 2.05) is 0 Å². The molecule has 0 aliphatic rings. The molecular formula is C12H16O5. The van der Waals surface area contributed by atoms with Crippen LogP contribution in [0.25, 0.3) is 0 Å². The summed E-state index contributed by atoms with van der Waals surface area (Å²) in [5.74, 6) is -0.434. The van der Waals surface area contributed by atoms with Crippen molar-refractivity contribution in [2.45, 2.75) is 19.1 Å². The van der Waals surface area contributed by atoms with Crippen molar-refractivity contribution in [1.29, 1.82) is 0 Å². The van der Waals surface area contributed by atoms with Crippen molar-refractivity contribution in [3.8, 4) is 0 Å². The Labute approximate surface area is 99.3 Å². The van der Waals surface area contributed by atoms with Crippen LogP contribution >= 0.6 is 0 Å². The van der Waals surface area contributed by atoms with Gasteiger partial charge in [0, 0.05) is 0 Å². The Hall–Kier alpha value is -1.43. The van der Waals surface area contributed by atoms with E-state index in [2.05, 4.69) is 0 Å². The van der Waals surface area contributed by atoms with E-state index < -0.39 is 24.8 Å². The maximum absolute atomic E-state index is 11.3. The fraction of sp³-hybridized carbons (Fsp3) is 0.417. The Morgan fingerprint density at radius 3 is 2.35 bits per heavy atom. The zero-order valence-corrected chi connectivity index (χ0v) is 9.54. The number of ether oxygens (including phenoxy) is 1. The molecule has 0 heterocycles. The van der Waals surface area contributed by atoms with E-state index in [1.54, 1.807) is 6.92 Å². The molecule has 0 spiro atoms. The van der Waals surface area contributed by atoms with Crippen LogP contribution in [0.2, 0.25) is 0 Å². The fourth-order valence-electron chi connectivity index (χ4n) is 1.35. The second kappa shape index (κ2) is 6.34. The lowest BCUT2D eigenvalue weighted by Crippen LogP contribution is -2.22. The van der Waals surface area contributed by atoms with Crippen molar-refractivity contribution in [2.75, 3.05) is 13.2 Å². The molecule has 0 bridgehead atoms. The Balaban J connectivity index is 2.77. The summed E-state index contributed by atoms with van der Waals surface area (Å²) in [5.41, 5.74) is 0.806. The lowest BCUT2D eigenvalue weighted by molar-refractivity contribution is -0.0152. The van der Waals surface area contributed by atoms with Crippen molar-refractivity contribution >= 4 is 5.97 Å². The first-order valence-electron chi connectivity index (χ1n) is 5.34. The van der Waals surface area contributed by atoms with E-state index in [4.69, 9.17) is 9.84 Å². The van der Waals surface area contributed by atoms with Gasteiger partial charge in [-0.05, 0) is 24.6 Å². The summed E-state index contributed by atoms with van der Waals surface area (Å²) in [5, 5.41) is 27.5. The third-order valence-electron chi connectivity index (χ3n) is 2.31. The van der Waals surface area contributed by atoms with Crippen molar-refractivity contribution in [3.63, 3.8) is 0 Å². The van der Waals surface area contributed by atoms with Gasteiger partial charge in [-0.2, -0.15) is 0 Å². The molecule has 0 radical (unpaired) electrons. The standard InChI is InChI=1S/C12H16O5/c1-2-17-12(16)9-5-3-8(4-6-9)11(15)10(14)7-13/h3-6,10-11,13-15H,2,7H2,1H3. The Morgan fingerprint density at radius 1 is 1.29 bits per heavy atom. The van der Waals surface area contributed by atoms with Crippen LogP contribution in [0.3, 0.4) is 0 Å². The van der Waals surface area contributed by atoms with E-state index in [0.717, 1.165) is 0 Å². The second-order valence-corrected chi connectivity index (χ2v) is 3.54. The lowest BCUT2D eigenvalue weighted by Gasteiger charge is -2.15. The van der Waals surface area contributed by atoms with Gasteiger partial charge in [0.2, 0.25) is 0 Å². The molecule has 3 N–H and O–H groups in total. The van der Waals surface area contributed by atoms with Gasteiger partial charge in [0.25, 0.3) is 0 Å². The predicted octanol–water partition coefficient (Wildman–Crippen LogP) is 0.250. The first kappa shape index (κ1) is 13.6. The number of benzene rings is 1. The number of aliphatic hydroxyl groups is 3. The van der Waals surface area contributed by atoms with Crippen LogP contribution in [0, 0.1) is 0 Å². The highest BCUT2D eigenvalue weighted by atomic mass is 16.5. The number of esters is 1. The maximum Gasteiger partial charge on any atom is 0.338 e. The van der Waals surface area contributed by atoms with Gasteiger partial charge < -0.3 is 20.1 Å². The third kappa shape index (κ3) is 3.52. The van der Waals surface area contributed by atoms with Crippen molar-refractivity contribution in [2.24, 2.45) is 0 Å². The van der Waals surface area contributed by atoms with Gasteiger partial charge in [0.15, 0.2) is 0 Å². The van der Waals surface area contributed by atoms with E-state index in [0.29, 0.717) is 17.7 Å². The summed E-state index contributed by atoms with van der Waals surface area (Å²) in [6.07, 6.45) is -2.40. The highest BCUT2D eigenvalue weighted by molar-refractivity contribution is 5.89. The van der Waals surface area contributed by atoms with Crippen LogP contribution in [0.5, 0.6) is 0 Å². The summed E-state index contributed by atoms with van der Waals surface area (Å²) in [4.78, 5) is 11.3. The SMILES string of the molecule is CCOC(=O)c1ccc(C(O)C(O)CO)cc1. The van der Waals surface area contributed by atoms with Gasteiger partial charge >= 0.3 is 5.97 Å². The highest BCUT2D eigenvalue weighted by Crippen LogP contribution is 2.17. The second-order valence-electron chi connectivity index (χ2n) is 3.54. The monoisotopic (exact) mass is 240 g/mol. The van der Waals surface area contributed by atoms with E-state index >= 15 is 0 Å². The minimum atomic E-state index is -1.23. The average Bonchev–Trinajstić information content (AvgIpc) is 2.37. The molecule has 0 aromatic heterocycles. The first-order chi connectivity index (χ1) is 8.10. The molecule has 1 aromatic rings. The van der Waals surface area contributed by atoms with E-state index in [9.17, 15) is 15.0 Å². The molecule has 2 unspecified atom stereocenters. The summed E-state index contributed by atoms with van der Waals surface area (Å²) in [6, 6.07) is 6.02. The van der Waals surface area contributed by atoms with Crippen LogP contribution < -0.4 is 0 Å². The van der Waals surface area contributed by atoms with Crippen LogP contribution in [0.15, 0.2) is 24.3 Å². The van der Waals surface area contributed by atoms with Crippen LogP contribution in [-0.2, 0) is 4.74 Å². The summed E-state index contributed by atoms with van der Waals surface area (Å²) >= 11 is 0. The quantitative estimate of drug-likeness (QED) is 0.642. The number of hydrogen-bond donors (Lipinski definition) is 3. The molecule has 5 heteroatoms. The molecule has 0 aliphatic heterocycles. The molecule has 0 fully saturated rings. The minimum Gasteiger partial charge on any atom is -0.462 e. The average molecular weight is 240 g/mol. The number of hydrogen-bond acceptors (Lipinski definition) is 5. The van der Waals surface area contributed by atoms with Gasteiger partial charge in [-0.15, -0.1) is 0 Å². The Kier molecular flexibility index (Phi) is 5.09. The van der Waals surface area contributed by atoms with Crippen molar-refractivity contribution < 1.29 is 24.9 Å². The number of carbonyl (C=O) groups excluding carboxylic acids is 1. The van der Waals surface area contributed by atoms with Gasteiger partial charge in [-0.3, -0.25) is 0 Å². The topological polar surface area (TPSA) is 87.0 Å². The van der Waals surface area contributed by atoms with Gasteiger partial charge in [0.05, 0.1) is 18.8 Å². The van der Waals surface area contributed by atoms with Gasteiger partial charge in [-0.1, -0.05) is 12.1 Å². The van der Waals surface area contributed by atoms with Crippen LogP contribution in [-0.4, -0.2) is 40.6 Å². The first-order valence-corrected chi connectivity index (χ1v) is 5.34. The normalized spacial score (nSPS) is 14.1. The molecule has 17 heavy (non-hydrogen) atoms. The largest absolute Gasteiger partial charge is 0.462 e. The fourth-order valence-corrected chi connectivity index (χ4v) is 1.35. The smallest absolute Gasteiger partial charge is 0.338 e. The number of rotatable bonds is 5. The molecule has 1 aromatic carbocycles. The highest BCUT2D eigenvalue weighted by Gasteiger charge is 2.17. The molecule has 5 nitrogen and oxygen atoms in total. The van der Waals surface area contributed by atoms with Crippen molar-refractivity contribution in [1.82, 2.24) is 0 Å². The van der Waals surface area contributed by atoms with E-state index in [1.165, 1.54) is 24.3 Å². The third-order valence-corrected chi connectivity index (χ3v) is 2.31. The summed E-state index contributed by atoms with van der Waals surface area (Å²) in [6.45, 7) is 1.49. The molecule has 0 aliphatic carbocycles. The zero-order chi connectivity index (χ0) is 12.8. The Morgan fingerprint density at radius 2 is 1.88 bits per heavy atom. The minimum absolute atomic E-state index is 0.298. The molecule has 94 valence electrons. The number of carbonyl (C=O) groups is 1. The zero-order valence-electron chi connectivity index (χ0n) is 9.54. The molecule has 2 atom stereocenters.